The van der Waals surface area contributed by atoms with Crippen LogP contribution in [0.15, 0.2) is 36.7 Å². The van der Waals surface area contributed by atoms with Crippen molar-refractivity contribution in [2.75, 3.05) is 25.6 Å². The highest BCUT2D eigenvalue weighted by molar-refractivity contribution is 6.08. The standard InChI is InChI=1S/C21H20F3N5O3/c1-25-19(30)13-9-18-27-15(12-5-7-32-8-6-12)10-29(18)11-16(13)28-20(31)14-3-2-4-17(26-14)21(22,23)24/h2-4,9-12H,5-8H2,1H3,(H,25,30)(H,28,31). The van der Waals surface area contributed by atoms with E-state index in [9.17, 15) is 22.8 Å². The fourth-order valence-corrected chi connectivity index (χ4v) is 3.57. The Morgan fingerprint density at radius 3 is 2.56 bits per heavy atom. The maximum atomic E-state index is 12.9. The summed E-state index contributed by atoms with van der Waals surface area (Å²) in [5.41, 5.74) is 0.0139. The predicted molar refractivity (Wildman–Crippen MR) is 109 cm³/mol. The molecule has 0 spiro atoms. The number of rotatable bonds is 4. The topological polar surface area (TPSA) is 97.6 Å². The molecular formula is C21H20F3N5O3. The van der Waals surface area contributed by atoms with Gasteiger partial charge in [0.15, 0.2) is 0 Å². The van der Waals surface area contributed by atoms with Gasteiger partial charge < -0.3 is 19.8 Å². The molecule has 0 radical (unpaired) electrons. The van der Waals surface area contributed by atoms with Crippen LogP contribution in [0.2, 0.25) is 0 Å². The molecule has 32 heavy (non-hydrogen) atoms. The van der Waals surface area contributed by atoms with Crippen LogP contribution in [0.5, 0.6) is 0 Å². The van der Waals surface area contributed by atoms with E-state index in [-0.39, 0.29) is 17.2 Å². The SMILES string of the molecule is CNC(=O)c1cc2nc(C3CCOCC3)cn2cc1NC(=O)c1cccc(C(F)(F)F)n1. The third-order valence-corrected chi connectivity index (χ3v) is 5.24. The lowest BCUT2D eigenvalue weighted by Crippen LogP contribution is -2.23. The molecule has 0 aromatic carbocycles. The average Bonchev–Trinajstić information content (AvgIpc) is 3.21. The van der Waals surface area contributed by atoms with Crippen LogP contribution < -0.4 is 10.6 Å². The summed E-state index contributed by atoms with van der Waals surface area (Å²) in [6.07, 6.45) is 0.312. The number of aromatic nitrogens is 3. The van der Waals surface area contributed by atoms with E-state index in [1.54, 1.807) is 4.40 Å². The summed E-state index contributed by atoms with van der Waals surface area (Å²) < 4.78 is 45.9. The van der Waals surface area contributed by atoms with E-state index in [0.717, 1.165) is 30.7 Å². The van der Waals surface area contributed by atoms with Gasteiger partial charge in [-0.15, -0.1) is 0 Å². The first-order valence-corrected chi connectivity index (χ1v) is 9.94. The first-order valence-electron chi connectivity index (χ1n) is 9.94. The van der Waals surface area contributed by atoms with Crippen LogP contribution in [-0.4, -0.2) is 46.4 Å². The lowest BCUT2D eigenvalue weighted by Gasteiger charge is -2.19. The highest BCUT2D eigenvalue weighted by Gasteiger charge is 2.33. The molecule has 168 valence electrons. The highest BCUT2D eigenvalue weighted by atomic mass is 19.4. The first kappa shape index (κ1) is 21.8. The van der Waals surface area contributed by atoms with Crippen LogP contribution in [0.3, 0.4) is 0 Å². The Labute approximate surface area is 180 Å². The van der Waals surface area contributed by atoms with Gasteiger partial charge in [0.1, 0.15) is 17.0 Å². The lowest BCUT2D eigenvalue weighted by atomic mass is 9.97. The maximum Gasteiger partial charge on any atom is 0.433 e. The van der Waals surface area contributed by atoms with Crippen molar-refractivity contribution < 1.29 is 27.5 Å². The van der Waals surface area contributed by atoms with E-state index in [2.05, 4.69) is 20.6 Å². The summed E-state index contributed by atoms with van der Waals surface area (Å²) >= 11 is 0. The molecule has 2 amide bonds. The summed E-state index contributed by atoms with van der Waals surface area (Å²) in [5.74, 6) is -1.12. The van der Waals surface area contributed by atoms with Crippen LogP contribution in [0, 0.1) is 0 Å². The number of carbonyl (C=O) groups excluding carboxylic acids is 2. The largest absolute Gasteiger partial charge is 0.433 e. The van der Waals surface area contributed by atoms with Gasteiger partial charge in [0, 0.05) is 38.6 Å². The second-order valence-electron chi connectivity index (χ2n) is 7.36. The molecule has 1 aliphatic heterocycles. The number of halogens is 3. The minimum absolute atomic E-state index is 0.122. The maximum absolute atomic E-state index is 12.9. The molecule has 0 aliphatic carbocycles. The molecule has 0 atom stereocenters. The number of alkyl halides is 3. The lowest BCUT2D eigenvalue weighted by molar-refractivity contribution is -0.141. The molecule has 1 aliphatic rings. The molecule has 8 nitrogen and oxygen atoms in total. The summed E-state index contributed by atoms with van der Waals surface area (Å²) in [4.78, 5) is 33.0. The number of nitrogens with zero attached hydrogens (tertiary/aromatic N) is 3. The van der Waals surface area contributed by atoms with Crippen molar-refractivity contribution in [3.63, 3.8) is 0 Å². The molecule has 11 heteroatoms. The van der Waals surface area contributed by atoms with Crippen LogP contribution in [0.1, 0.15) is 51.0 Å². The molecule has 4 heterocycles. The van der Waals surface area contributed by atoms with E-state index >= 15 is 0 Å². The van der Waals surface area contributed by atoms with E-state index < -0.39 is 29.4 Å². The van der Waals surface area contributed by atoms with Crippen molar-refractivity contribution in [1.29, 1.82) is 0 Å². The Balaban J connectivity index is 1.68. The predicted octanol–water partition coefficient (Wildman–Crippen LogP) is 3.25. The number of hydrogen-bond donors (Lipinski definition) is 2. The minimum atomic E-state index is -4.68. The summed E-state index contributed by atoms with van der Waals surface area (Å²) in [5, 5.41) is 4.99. The van der Waals surface area contributed by atoms with Gasteiger partial charge in [-0.25, -0.2) is 9.97 Å². The van der Waals surface area contributed by atoms with Gasteiger partial charge in [-0.1, -0.05) is 6.07 Å². The van der Waals surface area contributed by atoms with Crippen LogP contribution in [-0.2, 0) is 10.9 Å². The van der Waals surface area contributed by atoms with Crippen molar-refractivity contribution in [2.24, 2.45) is 0 Å². The van der Waals surface area contributed by atoms with Gasteiger partial charge in [-0.05, 0) is 31.0 Å². The van der Waals surface area contributed by atoms with Crippen molar-refractivity contribution in [3.05, 3.63) is 59.3 Å². The smallest absolute Gasteiger partial charge is 0.381 e. The molecule has 3 aromatic rings. The monoisotopic (exact) mass is 447 g/mol. The summed E-state index contributed by atoms with van der Waals surface area (Å²) in [7, 11) is 1.44. The zero-order chi connectivity index (χ0) is 22.9. The molecule has 3 aromatic heterocycles. The second kappa shape index (κ2) is 8.58. The van der Waals surface area contributed by atoms with Crippen molar-refractivity contribution >= 4 is 23.1 Å². The fraction of sp³-hybridized carbons (Fsp3) is 0.333. The second-order valence-corrected chi connectivity index (χ2v) is 7.36. The zero-order valence-electron chi connectivity index (χ0n) is 17.1. The van der Waals surface area contributed by atoms with Gasteiger partial charge in [0.25, 0.3) is 11.8 Å². The number of amides is 2. The van der Waals surface area contributed by atoms with Crippen LogP contribution >= 0.6 is 0 Å². The zero-order valence-corrected chi connectivity index (χ0v) is 17.1. The van der Waals surface area contributed by atoms with Gasteiger partial charge >= 0.3 is 6.18 Å². The summed E-state index contributed by atoms with van der Waals surface area (Å²) in [6, 6.07) is 4.58. The Bertz CT molecular complexity index is 1170. The van der Waals surface area contributed by atoms with E-state index in [0.29, 0.717) is 18.9 Å². The minimum Gasteiger partial charge on any atom is -0.381 e. The molecule has 0 unspecified atom stereocenters. The quantitative estimate of drug-likeness (QED) is 0.640. The Morgan fingerprint density at radius 2 is 1.88 bits per heavy atom. The van der Waals surface area contributed by atoms with Gasteiger partial charge in [-0.2, -0.15) is 13.2 Å². The van der Waals surface area contributed by atoms with Crippen molar-refractivity contribution in [1.82, 2.24) is 19.7 Å². The van der Waals surface area contributed by atoms with Crippen molar-refractivity contribution in [3.8, 4) is 0 Å². The van der Waals surface area contributed by atoms with E-state index in [1.165, 1.54) is 25.4 Å². The normalized spacial score (nSPS) is 15.0. The molecule has 4 rings (SSSR count). The highest BCUT2D eigenvalue weighted by Crippen LogP contribution is 2.29. The fourth-order valence-electron chi connectivity index (χ4n) is 3.57. The first-order chi connectivity index (χ1) is 15.3. The Hall–Kier alpha value is -3.47. The number of pyridine rings is 2. The molecule has 0 saturated carbocycles. The number of ether oxygens (including phenoxy) is 1. The molecular weight excluding hydrogens is 427 g/mol. The number of fused-ring (bicyclic) bond motifs is 1. The number of nitrogens with one attached hydrogen (secondary N) is 2. The average molecular weight is 447 g/mol. The molecule has 1 fully saturated rings. The van der Waals surface area contributed by atoms with E-state index in [4.69, 9.17) is 4.74 Å². The van der Waals surface area contributed by atoms with Crippen LogP contribution in [0.4, 0.5) is 18.9 Å². The Morgan fingerprint density at radius 1 is 1.12 bits per heavy atom. The number of imidazole rings is 1. The van der Waals surface area contributed by atoms with E-state index in [1.807, 2.05) is 6.20 Å². The van der Waals surface area contributed by atoms with Crippen LogP contribution in [0.25, 0.3) is 5.65 Å². The summed E-state index contributed by atoms with van der Waals surface area (Å²) in [6.45, 7) is 1.29. The number of hydrogen-bond acceptors (Lipinski definition) is 5. The number of anilines is 1. The van der Waals surface area contributed by atoms with Crippen molar-refractivity contribution in [2.45, 2.75) is 24.9 Å². The third kappa shape index (κ3) is 4.42. The molecule has 2 N–H and O–H groups in total. The van der Waals surface area contributed by atoms with Gasteiger partial charge in [0.05, 0.1) is 16.9 Å². The molecule has 0 bridgehead atoms. The van der Waals surface area contributed by atoms with Gasteiger partial charge in [-0.3, -0.25) is 9.59 Å². The third-order valence-electron chi connectivity index (χ3n) is 5.24. The van der Waals surface area contributed by atoms with Gasteiger partial charge in [0.2, 0.25) is 0 Å². The number of carbonyl (C=O) groups is 2. The Kier molecular flexibility index (Phi) is 5.83. The molecule has 1 saturated heterocycles.